The first-order valence-corrected chi connectivity index (χ1v) is 6.51. The van der Waals surface area contributed by atoms with Gasteiger partial charge in [-0.2, -0.15) is 0 Å². The molecule has 4 nitrogen and oxygen atoms in total. The molecule has 0 unspecified atom stereocenters. The lowest BCUT2D eigenvalue weighted by Crippen LogP contribution is -2.21. The molecule has 21 heavy (non-hydrogen) atoms. The number of aliphatic carboxylic acids is 1. The van der Waals surface area contributed by atoms with Gasteiger partial charge in [-0.15, -0.1) is 0 Å². The molecule has 2 aromatic carbocycles. The van der Waals surface area contributed by atoms with Gasteiger partial charge in [-0.05, 0) is 23.8 Å². The summed E-state index contributed by atoms with van der Waals surface area (Å²) in [6, 6.07) is 14.3. The van der Waals surface area contributed by atoms with Gasteiger partial charge in [0.1, 0.15) is 0 Å². The third kappa shape index (κ3) is 2.21. The highest BCUT2D eigenvalue weighted by molar-refractivity contribution is 6.21. The number of nitrogens with zero attached hydrogens (tertiary/aromatic N) is 1. The van der Waals surface area contributed by atoms with E-state index in [9.17, 15) is 9.59 Å². The van der Waals surface area contributed by atoms with Crippen LogP contribution in [0.25, 0.3) is 5.70 Å². The van der Waals surface area contributed by atoms with Crippen molar-refractivity contribution in [1.29, 1.82) is 0 Å². The highest BCUT2D eigenvalue weighted by Crippen LogP contribution is 2.35. The maximum Gasteiger partial charge on any atom is 0.307 e. The van der Waals surface area contributed by atoms with E-state index in [4.69, 9.17) is 5.11 Å². The Balaban J connectivity index is 1.94. The van der Waals surface area contributed by atoms with E-state index in [-0.39, 0.29) is 12.3 Å². The highest BCUT2D eigenvalue weighted by atomic mass is 16.4. The van der Waals surface area contributed by atoms with Gasteiger partial charge in [-0.25, -0.2) is 0 Å². The first-order chi connectivity index (χ1) is 10.1. The van der Waals surface area contributed by atoms with Gasteiger partial charge in [0.2, 0.25) is 0 Å². The van der Waals surface area contributed by atoms with Crippen LogP contribution in [0.5, 0.6) is 0 Å². The van der Waals surface area contributed by atoms with Crippen molar-refractivity contribution in [3.63, 3.8) is 0 Å². The van der Waals surface area contributed by atoms with E-state index in [1.165, 1.54) is 0 Å². The lowest BCUT2D eigenvalue weighted by atomic mass is 10.1. The van der Waals surface area contributed by atoms with Crippen LogP contribution in [0, 0.1) is 0 Å². The molecule has 0 atom stereocenters. The molecule has 1 amide bonds. The Bertz CT molecular complexity index is 712. The first kappa shape index (κ1) is 13.1. The molecule has 3 rings (SSSR count). The normalized spacial score (nSPS) is 13.4. The number of benzene rings is 2. The number of rotatable bonds is 3. The summed E-state index contributed by atoms with van der Waals surface area (Å²) in [4.78, 5) is 24.7. The lowest BCUT2D eigenvalue weighted by Gasteiger charge is -2.17. The number of carbonyl (C=O) groups is 2. The Morgan fingerprint density at radius 3 is 2.24 bits per heavy atom. The van der Waals surface area contributed by atoms with Crippen molar-refractivity contribution in [3.8, 4) is 0 Å². The fourth-order valence-electron chi connectivity index (χ4n) is 2.50. The van der Waals surface area contributed by atoms with E-state index in [0.29, 0.717) is 22.5 Å². The zero-order chi connectivity index (χ0) is 15.0. The molecule has 1 aliphatic heterocycles. The SMILES string of the molecule is C=C1c2ccccc2C(=O)N1c1ccc(CC(=O)O)cc1. The first-order valence-electron chi connectivity index (χ1n) is 6.51. The number of carbonyl (C=O) groups excluding carboxylic acids is 1. The second-order valence-corrected chi connectivity index (χ2v) is 4.87. The Morgan fingerprint density at radius 2 is 1.67 bits per heavy atom. The summed E-state index contributed by atoms with van der Waals surface area (Å²) in [6.07, 6.45) is -0.0323. The van der Waals surface area contributed by atoms with Crippen molar-refractivity contribution in [2.75, 3.05) is 4.90 Å². The van der Waals surface area contributed by atoms with E-state index in [1.54, 1.807) is 35.2 Å². The summed E-state index contributed by atoms with van der Waals surface area (Å²) in [5.74, 6) is -0.988. The number of amides is 1. The molecule has 4 heteroatoms. The molecule has 0 radical (unpaired) electrons. The maximum absolute atomic E-state index is 12.4. The average Bonchev–Trinajstić information content (AvgIpc) is 2.72. The van der Waals surface area contributed by atoms with Gasteiger partial charge in [-0.1, -0.05) is 36.9 Å². The molecule has 1 N–H and O–H groups in total. The number of carboxylic acid groups (broad SMARTS) is 1. The molecular weight excluding hydrogens is 266 g/mol. The van der Waals surface area contributed by atoms with Crippen molar-refractivity contribution in [1.82, 2.24) is 0 Å². The van der Waals surface area contributed by atoms with Crippen molar-refractivity contribution in [2.24, 2.45) is 0 Å². The molecule has 0 aromatic heterocycles. The van der Waals surface area contributed by atoms with E-state index in [2.05, 4.69) is 6.58 Å². The molecule has 1 aliphatic rings. The second-order valence-electron chi connectivity index (χ2n) is 4.87. The molecule has 0 saturated heterocycles. The smallest absolute Gasteiger partial charge is 0.307 e. The summed E-state index contributed by atoms with van der Waals surface area (Å²) < 4.78 is 0. The van der Waals surface area contributed by atoms with Crippen LogP contribution in [0.4, 0.5) is 5.69 Å². The quantitative estimate of drug-likeness (QED) is 0.939. The van der Waals surface area contributed by atoms with Crippen LogP contribution in [0.15, 0.2) is 55.1 Å². The molecule has 0 aliphatic carbocycles. The summed E-state index contributed by atoms with van der Waals surface area (Å²) >= 11 is 0. The predicted octanol–water partition coefficient (Wildman–Crippen LogP) is 2.94. The molecule has 104 valence electrons. The Hall–Kier alpha value is -2.88. The van der Waals surface area contributed by atoms with Crippen LogP contribution in [0.1, 0.15) is 21.5 Å². The van der Waals surface area contributed by atoms with Crippen molar-refractivity contribution >= 4 is 23.3 Å². The van der Waals surface area contributed by atoms with E-state index < -0.39 is 5.97 Å². The van der Waals surface area contributed by atoms with Gasteiger partial charge in [0, 0.05) is 16.8 Å². The van der Waals surface area contributed by atoms with Crippen molar-refractivity contribution in [3.05, 3.63) is 71.8 Å². The number of carboxylic acids is 1. The third-order valence-electron chi connectivity index (χ3n) is 3.49. The molecule has 0 fully saturated rings. The van der Waals surface area contributed by atoms with E-state index in [1.807, 2.05) is 18.2 Å². The average molecular weight is 279 g/mol. The number of anilines is 1. The van der Waals surface area contributed by atoms with Crippen LogP contribution < -0.4 is 4.90 Å². The van der Waals surface area contributed by atoms with E-state index >= 15 is 0 Å². The second kappa shape index (κ2) is 4.90. The van der Waals surface area contributed by atoms with Gasteiger partial charge in [-0.3, -0.25) is 14.5 Å². The monoisotopic (exact) mass is 279 g/mol. The van der Waals surface area contributed by atoms with Gasteiger partial charge >= 0.3 is 5.97 Å². The number of fused-ring (bicyclic) bond motifs is 1. The number of hydrogen-bond acceptors (Lipinski definition) is 2. The standard InChI is InChI=1S/C17H13NO3/c1-11-14-4-2-3-5-15(14)17(21)18(11)13-8-6-12(7-9-13)10-16(19)20/h2-9H,1,10H2,(H,19,20). The summed E-state index contributed by atoms with van der Waals surface area (Å²) in [5, 5.41) is 8.77. The highest BCUT2D eigenvalue weighted by Gasteiger charge is 2.31. The zero-order valence-electron chi connectivity index (χ0n) is 11.2. The Morgan fingerprint density at radius 1 is 1.05 bits per heavy atom. The predicted molar refractivity (Wildman–Crippen MR) is 80.1 cm³/mol. The van der Waals surface area contributed by atoms with Gasteiger partial charge in [0.15, 0.2) is 0 Å². The summed E-state index contributed by atoms with van der Waals surface area (Å²) in [5.41, 5.74) is 3.49. The molecule has 0 bridgehead atoms. The number of hydrogen-bond donors (Lipinski definition) is 1. The molecular formula is C17H13NO3. The van der Waals surface area contributed by atoms with Crippen molar-refractivity contribution < 1.29 is 14.7 Å². The Labute approximate surface area is 121 Å². The topological polar surface area (TPSA) is 57.6 Å². The van der Waals surface area contributed by atoms with Gasteiger partial charge in [0.05, 0.1) is 12.1 Å². The Kier molecular flexibility index (Phi) is 3.06. The molecule has 0 saturated carbocycles. The van der Waals surface area contributed by atoms with Crippen LogP contribution in [-0.4, -0.2) is 17.0 Å². The fourth-order valence-corrected chi connectivity index (χ4v) is 2.50. The lowest BCUT2D eigenvalue weighted by molar-refractivity contribution is -0.136. The third-order valence-corrected chi connectivity index (χ3v) is 3.49. The molecule has 0 spiro atoms. The molecule has 2 aromatic rings. The minimum Gasteiger partial charge on any atom is -0.481 e. The minimum absolute atomic E-state index is 0.0323. The van der Waals surface area contributed by atoms with Crippen LogP contribution in [0.3, 0.4) is 0 Å². The zero-order valence-corrected chi connectivity index (χ0v) is 11.2. The minimum atomic E-state index is -0.878. The maximum atomic E-state index is 12.4. The van der Waals surface area contributed by atoms with Gasteiger partial charge in [0.25, 0.3) is 5.91 Å². The summed E-state index contributed by atoms with van der Waals surface area (Å²) in [7, 11) is 0. The largest absolute Gasteiger partial charge is 0.481 e. The van der Waals surface area contributed by atoms with Crippen LogP contribution in [0.2, 0.25) is 0 Å². The van der Waals surface area contributed by atoms with Crippen LogP contribution in [-0.2, 0) is 11.2 Å². The molecule has 1 heterocycles. The van der Waals surface area contributed by atoms with E-state index in [0.717, 1.165) is 5.56 Å². The van der Waals surface area contributed by atoms with Crippen LogP contribution >= 0.6 is 0 Å². The van der Waals surface area contributed by atoms with Crippen molar-refractivity contribution in [2.45, 2.75) is 6.42 Å². The van der Waals surface area contributed by atoms with Gasteiger partial charge < -0.3 is 5.11 Å². The fraction of sp³-hybridized carbons (Fsp3) is 0.0588. The summed E-state index contributed by atoms with van der Waals surface area (Å²) in [6.45, 7) is 3.99.